The Labute approximate surface area is 66.1 Å². The van der Waals surface area contributed by atoms with E-state index in [4.69, 9.17) is 0 Å². The second kappa shape index (κ2) is 3.21. The summed E-state index contributed by atoms with van der Waals surface area (Å²) < 4.78 is 0. The quantitative estimate of drug-likeness (QED) is 0.506. The van der Waals surface area contributed by atoms with Gasteiger partial charge in [-0.15, -0.1) is 0 Å². The predicted octanol–water partition coefficient (Wildman–Crippen LogP) is 1.00. The first-order chi connectivity index (χ1) is 4.97. The second-order valence-electron chi connectivity index (χ2n) is 2.37. The minimum absolute atomic E-state index is 0. The summed E-state index contributed by atoms with van der Waals surface area (Å²) in [5.74, 6) is 0. The maximum atomic E-state index is 2.21. The highest BCUT2D eigenvalue weighted by atomic mass is 16.0. The fraction of sp³-hybridized carbons (Fsp3) is 0.111. The number of fused-ring (bicyclic) bond motifs is 1. The minimum Gasteiger partial charge on any atom is -0.412 e. The average Bonchev–Trinajstić information content (AvgIpc) is 2.05. The monoisotopic (exact) mass is 149 g/mol. The minimum atomic E-state index is 0. The van der Waals surface area contributed by atoms with E-state index in [1.54, 1.807) is 0 Å². The molecule has 0 spiro atoms. The molecule has 0 atom stereocenters. The summed E-state index contributed by atoms with van der Waals surface area (Å²) in [5, 5.41) is 0. The highest BCUT2D eigenvalue weighted by molar-refractivity contribution is 5.33. The molecule has 0 fully saturated rings. The zero-order valence-corrected chi connectivity index (χ0v) is 6.20. The number of hydrogen-bond donors (Lipinski definition) is 0. The molecule has 2 aliphatic rings. The Bertz CT molecular complexity index is 248. The topological polar surface area (TPSA) is 34.7 Å². The molecule has 2 N–H and O–H groups in total. The van der Waals surface area contributed by atoms with Crippen molar-refractivity contribution >= 4 is 0 Å². The first-order valence-corrected chi connectivity index (χ1v) is 3.45. The molecule has 2 heteroatoms. The van der Waals surface area contributed by atoms with E-state index in [0.717, 1.165) is 6.54 Å². The molecule has 2 nitrogen and oxygen atoms in total. The van der Waals surface area contributed by atoms with Crippen LogP contribution >= 0.6 is 0 Å². The van der Waals surface area contributed by atoms with Gasteiger partial charge in [-0.05, 0) is 18.2 Å². The highest BCUT2D eigenvalue weighted by Crippen LogP contribution is 2.14. The lowest BCUT2D eigenvalue weighted by atomic mass is 10.2. The molecule has 0 aromatic heterocycles. The zero-order chi connectivity index (χ0) is 6.81. The first-order valence-electron chi connectivity index (χ1n) is 3.45. The van der Waals surface area contributed by atoms with E-state index in [1.807, 2.05) is 0 Å². The molecule has 0 aromatic rings. The Morgan fingerprint density at radius 2 is 2.09 bits per heavy atom. The third-order valence-electron chi connectivity index (χ3n) is 1.68. The summed E-state index contributed by atoms with van der Waals surface area (Å²) in [4.78, 5) is 2.21. The van der Waals surface area contributed by atoms with Crippen LogP contribution in [0.15, 0.2) is 48.4 Å². The molecular weight excluding hydrogens is 138 g/mol. The molecule has 0 amide bonds. The van der Waals surface area contributed by atoms with Gasteiger partial charge in [0.15, 0.2) is 0 Å². The third-order valence-corrected chi connectivity index (χ3v) is 1.68. The number of allylic oxidation sites excluding steroid dienone is 5. The Morgan fingerprint density at radius 3 is 2.91 bits per heavy atom. The van der Waals surface area contributed by atoms with E-state index < -0.39 is 0 Å². The van der Waals surface area contributed by atoms with E-state index in [9.17, 15) is 0 Å². The van der Waals surface area contributed by atoms with Gasteiger partial charge in [0, 0.05) is 18.4 Å². The van der Waals surface area contributed by atoms with Gasteiger partial charge in [-0.25, -0.2) is 0 Å². The van der Waals surface area contributed by atoms with E-state index in [1.165, 1.54) is 5.70 Å². The van der Waals surface area contributed by atoms with Crippen LogP contribution in [-0.2, 0) is 0 Å². The van der Waals surface area contributed by atoms with Crippen molar-refractivity contribution in [1.82, 2.24) is 4.90 Å². The van der Waals surface area contributed by atoms with E-state index in [-0.39, 0.29) is 5.48 Å². The smallest absolute Gasteiger partial charge is 0.0409 e. The number of hydrogen-bond acceptors (Lipinski definition) is 1. The molecule has 11 heavy (non-hydrogen) atoms. The van der Waals surface area contributed by atoms with Gasteiger partial charge in [-0.3, -0.25) is 0 Å². The van der Waals surface area contributed by atoms with Gasteiger partial charge in [0.2, 0.25) is 0 Å². The lowest BCUT2D eigenvalue weighted by Crippen LogP contribution is -2.18. The number of rotatable bonds is 0. The fourth-order valence-corrected chi connectivity index (χ4v) is 1.15. The maximum Gasteiger partial charge on any atom is 0.0409 e. The van der Waals surface area contributed by atoms with Crippen molar-refractivity contribution in [1.29, 1.82) is 0 Å². The zero-order valence-electron chi connectivity index (χ0n) is 6.20. The van der Waals surface area contributed by atoms with Crippen molar-refractivity contribution in [2.24, 2.45) is 0 Å². The van der Waals surface area contributed by atoms with Crippen molar-refractivity contribution < 1.29 is 5.48 Å². The molecule has 0 unspecified atom stereocenters. The molecule has 0 bridgehead atoms. The summed E-state index contributed by atoms with van der Waals surface area (Å²) in [7, 11) is 0. The Kier molecular flexibility index (Phi) is 2.28. The van der Waals surface area contributed by atoms with Crippen molar-refractivity contribution in [3.05, 3.63) is 48.4 Å². The molecule has 0 saturated heterocycles. The van der Waals surface area contributed by atoms with Gasteiger partial charge in [0.05, 0.1) is 0 Å². The van der Waals surface area contributed by atoms with Gasteiger partial charge < -0.3 is 10.4 Å². The maximum absolute atomic E-state index is 2.21. The summed E-state index contributed by atoms with van der Waals surface area (Å²) in [6.07, 6.45) is 14.7. The summed E-state index contributed by atoms with van der Waals surface area (Å²) in [6, 6.07) is 0. The van der Waals surface area contributed by atoms with Crippen molar-refractivity contribution in [2.45, 2.75) is 0 Å². The van der Waals surface area contributed by atoms with Gasteiger partial charge in [-0.1, -0.05) is 18.2 Å². The summed E-state index contributed by atoms with van der Waals surface area (Å²) in [5.41, 5.74) is 1.28. The molecule has 0 aliphatic carbocycles. The molecule has 2 rings (SSSR count). The summed E-state index contributed by atoms with van der Waals surface area (Å²) in [6.45, 7) is 1.01. The normalized spacial score (nSPS) is 18.9. The lowest BCUT2D eigenvalue weighted by Gasteiger charge is -2.23. The van der Waals surface area contributed by atoms with Gasteiger partial charge in [0.1, 0.15) is 0 Å². The molecule has 0 saturated carbocycles. The van der Waals surface area contributed by atoms with Crippen molar-refractivity contribution in [3.8, 4) is 0 Å². The lowest BCUT2D eigenvalue weighted by molar-refractivity contribution is 0.523. The van der Waals surface area contributed by atoms with Gasteiger partial charge in [0.25, 0.3) is 0 Å². The molecule has 2 aliphatic heterocycles. The van der Waals surface area contributed by atoms with Crippen LogP contribution in [0.1, 0.15) is 0 Å². The predicted molar refractivity (Wildman–Crippen MR) is 45.8 cm³/mol. The Balaban J connectivity index is 0.000000605. The van der Waals surface area contributed by atoms with Crippen molar-refractivity contribution in [2.75, 3.05) is 6.54 Å². The van der Waals surface area contributed by atoms with Gasteiger partial charge in [-0.2, -0.15) is 0 Å². The number of nitrogens with zero attached hydrogens (tertiary/aromatic N) is 1. The molecular formula is C9H11NO. The fourth-order valence-electron chi connectivity index (χ4n) is 1.15. The van der Waals surface area contributed by atoms with E-state index in [2.05, 4.69) is 47.6 Å². The highest BCUT2D eigenvalue weighted by Gasteiger charge is 2.05. The Hall–Kier alpha value is -1.28. The van der Waals surface area contributed by atoms with Crippen molar-refractivity contribution in [3.63, 3.8) is 0 Å². The Morgan fingerprint density at radius 1 is 1.18 bits per heavy atom. The van der Waals surface area contributed by atoms with Crippen LogP contribution in [0.3, 0.4) is 0 Å². The van der Waals surface area contributed by atoms with Gasteiger partial charge >= 0.3 is 0 Å². The van der Waals surface area contributed by atoms with Crippen LogP contribution in [0.4, 0.5) is 0 Å². The second-order valence-corrected chi connectivity index (χ2v) is 2.37. The van der Waals surface area contributed by atoms with Crippen LogP contribution in [0.2, 0.25) is 0 Å². The first kappa shape index (κ1) is 7.82. The standard InChI is InChI=1S/C9H9N.H2O/c1-3-7-10-8-4-2-6-9(10)5-1;/h1-7H,8H2;1H2. The van der Waals surface area contributed by atoms with Crippen LogP contribution in [0.25, 0.3) is 0 Å². The van der Waals surface area contributed by atoms with Crippen LogP contribution in [-0.4, -0.2) is 16.9 Å². The van der Waals surface area contributed by atoms with Crippen LogP contribution in [0.5, 0.6) is 0 Å². The largest absolute Gasteiger partial charge is 0.412 e. The average molecular weight is 149 g/mol. The summed E-state index contributed by atoms with van der Waals surface area (Å²) >= 11 is 0. The van der Waals surface area contributed by atoms with E-state index >= 15 is 0 Å². The van der Waals surface area contributed by atoms with Crippen LogP contribution in [0, 0.1) is 0 Å². The molecule has 2 heterocycles. The van der Waals surface area contributed by atoms with Crippen LogP contribution < -0.4 is 0 Å². The molecule has 0 aromatic carbocycles. The third kappa shape index (κ3) is 1.41. The SMILES string of the molecule is C1=CCN2C=CC=CC2=C1.O. The molecule has 58 valence electrons. The van der Waals surface area contributed by atoms with E-state index in [0.29, 0.717) is 0 Å². The molecule has 0 radical (unpaired) electrons.